The van der Waals surface area contributed by atoms with Crippen LogP contribution in [0.1, 0.15) is 45.2 Å². The molecule has 0 saturated carbocycles. The number of carbonyl (C=O) groups excluding carboxylic acids is 3. The second kappa shape index (κ2) is 8.72. The summed E-state index contributed by atoms with van der Waals surface area (Å²) in [6.07, 6.45) is -4.84. The highest BCUT2D eigenvalue weighted by Gasteiger charge is 2.48. The van der Waals surface area contributed by atoms with Gasteiger partial charge in [-0.1, -0.05) is 0 Å². The van der Waals surface area contributed by atoms with Crippen molar-refractivity contribution in [1.82, 2.24) is 20.0 Å². The summed E-state index contributed by atoms with van der Waals surface area (Å²) in [5.41, 5.74) is 0.576. The fourth-order valence-electron chi connectivity index (χ4n) is 4.53. The number of nitrogens with zero attached hydrogens (tertiary/aromatic N) is 4. The van der Waals surface area contributed by atoms with Gasteiger partial charge in [0.2, 0.25) is 11.8 Å². The van der Waals surface area contributed by atoms with Crippen molar-refractivity contribution in [2.75, 3.05) is 24.5 Å². The summed E-state index contributed by atoms with van der Waals surface area (Å²) in [6.45, 7) is 4.47. The third kappa shape index (κ3) is 5.06. The maximum atomic E-state index is 14.1. The molecule has 0 aliphatic carbocycles. The summed E-state index contributed by atoms with van der Waals surface area (Å²) in [4.78, 5) is 38.6. The number of aromatic nitrogens is 2. The zero-order chi connectivity index (χ0) is 25.7. The maximum Gasteiger partial charge on any atom is 0.410 e. The van der Waals surface area contributed by atoms with E-state index in [1.54, 1.807) is 46.0 Å². The van der Waals surface area contributed by atoms with Crippen molar-refractivity contribution in [2.45, 2.75) is 57.3 Å². The second-order valence-corrected chi connectivity index (χ2v) is 9.89. The fourth-order valence-corrected chi connectivity index (χ4v) is 4.53. The summed E-state index contributed by atoms with van der Waals surface area (Å²) < 4.78 is 49.0. The molecule has 1 aromatic carbocycles. The van der Waals surface area contributed by atoms with E-state index >= 15 is 0 Å². The van der Waals surface area contributed by atoms with Gasteiger partial charge < -0.3 is 14.5 Å². The molecule has 3 amide bonds. The Balaban J connectivity index is 1.63. The van der Waals surface area contributed by atoms with E-state index in [-0.39, 0.29) is 25.4 Å². The van der Waals surface area contributed by atoms with Gasteiger partial charge in [-0.2, -0.15) is 18.3 Å². The number of nitrogens with one attached hydrogen (secondary N) is 1. The first kappa shape index (κ1) is 24.8. The maximum absolute atomic E-state index is 14.1. The number of imide groups is 1. The molecule has 12 heteroatoms. The van der Waals surface area contributed by atoms with Crippen LogP contribution in [0.5, 0.6) is 0 Å². The third-order valence-corrected chi connectivity index (χ3v) is 6.17. The summed E-state index contributed by atoms with van der Waals surface area (Å²) in [5.74, 6) is -1.37. The molecular formula is C23H28F3N5O4. The van der Waals surface area contributed by atoms with E-state index in [2.05, 4.69) is 10.4 Å². The van der Waals surface area contributed by atoms with Crippen LogP contribution in [0.2, 0.25) is 0 Å². The number of hydrogen-bond acceptors (Lipinski definition) is 6. The predicted molar refractivity (Wildman–Crippen MR) is 121 cm³/mol. The minimum absolute atomic E-state index is 0.0349. The average Bonchev–Trinajstić information content (AvgIpc) is 3.07. The van der Waals surface area contributed by atoms with Crippen molar-refractivity contribution in [1.29, 1.82) is 0 Å². The number of carbonyl (C=O) groups is 3. The zero-order valence-corrected chi connectivity index (χ0v) is 20.0. The molecule has 1 unspecified atom stereocenters. The molecular weight excluding hydrogens is 467 g/mol. The van der Waals surface area contributed by atoms with Crippen LogP contribution in [-0.4, -0.2) is 70.0 Å². The molecule has 3 heterocycles. The summed E-state index contributed by atoms with van der Waals surface area (Å²) in [5, 5.41) is 7.40. The van der Waals surface area contributed by atoms with Crippen molar-refractivity contribution < 1.29 is 32.3 Å². The van der Waals surface area contributed by atoms with Crippen LogP contribution in [0.3, 0.4) is 0 Å². The minimum atomic E-state index is -4.58. The molecule has 2 aliphatic heterocycles. The number of fused-ring (bicyclic) bond motifs is 1. The number of benzene rings is 1. The van der Waals surface area contributed by atoms with Crippen LogP contribution in [0.4, 0.5) is 23.7 Å². The number of piperazine rings is 1. The largest absolute Gasteiger partial charge is 0.444 e. The van der Waals surface area contributed by atoms with E-state index in [1.807, 2.05) is 0 Å². The number of hydrogen-bond donors (Lipinski definition) is 1. The Hall–Kier alpha value is -3.31. The highest BCUT2D eigenvalue weighted by atomic mass is 19.4. The highest BCUT2D eigenvalue weighted by Crippen LogP contribution is 2.36. The Morgan fingerprint density at radius 3 is 2.51 bits per heavy atom. The molecule has 0 radical (unpaired) electrons. The Morgan fingerprint density at radius 1 is 1.17 bits per heavy atom. The Kier molecular flexibility index (Phi) is 6.18. The molecule has 2 saturated heterocycles. The molecule has 2 aromatic rings. The second-order valence-electron chi connectivity index (χ2n) is 9.89. The monoisotopic (exact) mass is 495 g/mol. The van der Waals surface area contributed by atoms with Crippen molar-refractivity contribution >= 4 is 34.5 Å². The SMILES string of the molecule is Cn1nc(C2CCC(=O)NC2=O)c2ccc(N3CCN(C(=O)OC(C)(C)C)C[C@@H]3C(F)(F)F)cc21. The van der Waals surface area contributed by atoms with Crippen LogP contribution in [0.15, 0.2) is 18.2 Å². The first-order chi connectivity index (χ1) is 16.2. The van der Waals surface area contributed by atoms with Crippen LogP contribution < -0.4 is 10.2 Å². The van der Waals surface area contributed by atoms with Crippen molar-refractivity contribution in [3.63, 3.8) is 0 Å². The number of aryl methyl sites for hydroxylation is 1. The van der Waals surface area contributed by atoms with Gasteiger partial charge in [0.1, 0.15) is 11.6 Å². The van der Waals surface area contributed by atoms with Gasteiger partial charge in [-0.25, -0.2) is 4.79 Å². The van der Waals surface area contributed by atoms with E-state index in [1.165, 1.54) is 9.58 Å². The lowest BCUT2D eigenvalue weighted by Crippen LogP contribution is -2.60. The smallest absolute Gasteiger partial charge is 0.410 e. The predicted octanol–water partition coefficient (Wildman–Crippen LogP) is 3.08. The van der Waals surface area contributed by atoms with Gasteiger partial charge in [0.25, 0.3) is 0 Å². The van der Waals surface area contributed by atoms with Crippen LogP contribution >= 0.6 is 0 Å². The number of halogens is 3. The molecule has 2 aliphatic rings. The Labute approximate surface area is 200 Å². The Bertz CT molecular complexity index is 1170. The molecule has 0 bridgehead atoms. The number of ether oxygens (including phenoxy) is 1. The lowest BCUT2D eigenvalue weighted by atomic mass is 9.92. The number of rotatable bonds is 2. The molecule has 4 rings (SSSR count). The molecule has 2 fully saturated rings. The first-order valence-electron chi connectivity index (χ1n) is 11.4. The van der Waals surface area contributed by atoms with Crippen LogP contribution in [0, 0.1) is 0 Å². The van der Waals surface area contributed by atoms with Gasteiger partial charge in [-0.05, 0) is 45.4 Å². The fraction of sp³-hybridized carbons (Fsp3) is 0.565. The molecule has 9 nitrogen and oxygen atoms in total. The van der Waals surface area contributed by atoms with Crippen LogP contribution in [0.25, 0.3) is 10.9 Å². The number of piperidine rings is 1. The number of amides is 3. The molecule has 0 spiro atoms. The standard InChI is InChI=1S/C23H28F3N5O4/c1-22(2,3)35-21(34)30-9-10-31(17(12-30)23(24,25)26)13-5-6-14-16(11-13)29(4)28-19(14)15-7-8-18(32)27-20(15)33/h5-6,11,15,17H,7-10,12H2,1-4H3,(H,27,32,33)/t15?,17-/m1/s1. The molecule has 190 valence electrons. The van der Waals surface area contributed by atoms with Crippen LogP contribution in [-0.2, 0) is 21.4 Å². The van der Waals surface area contributed by atoms with E-state index in [0.717, 1.165) is 4.90 Å². The lowest BCUT2D eigenvalue weighted by molar-refractivity contribution is -0.155. The van der Waals surface area contributed by atoms with Crippen molar-refractivity contribution in [3.8, 4) is 0 Å². The van der Waals surface area contributed by atoms with Gasteiger partial charge >= 0.3 is 12.3 Å². The van der Waals surface area contributed by atoms with E-state index in [9.17, 15) is 27.6 Å². The first-order valence-corrected chi connectivity index (χ1v) is 11.4. The van der Waals surface area contributed by atoms with Gasteiger partial charge in [-0.3, -0.25) is 19.6 Å². The summed E-state index contributed by atoms with van der Waals surface area (Å²) in [7, 11) is 1.66. The molecule has 1 N–H and O–H groups in total. The summed E-state index contributed by atoms with van der Waals surface area (Å²) in [6, 6.07) is 2.93. The van der Waals surface area contributed by atoms with Crippen molar-refractivity contribution in [2.24, 2.45) is 7.05 Å². The highest BCUT2D eigenvalue weighted by molar-refractivity contribution is 6.02. The third-order valence-electron chi connectivity index (χ3n) is 6.17. The van der Waals surface area contributed by atoms with Gasteiger partial charge in [0.05, 0.1) is 23.7 Å². The molecule has 1 aromatic heterocycles. The number of alkyl halides is 3. The van der Waals surface area contributed by atoms with Crippen molar-refractivity contribution in [3.05, 3.63) is 23.9 Å². The van der Waals surface area contributed by atoms with Gasteiger partial charge in [-0.15, -0.1) is 0 Å². The topological polar surface area (TPSA) is 96.8 Å². The average molecular weight is 496 g/mol. The lowest BCUT2D eigenvalue weighted by Gasteiger charge is -2.43. The minimum Gasteiger partial charge on any atom is -0.444 e. The normalized spacial score (nSPS) is 21.9. The number of anilines is 1. The van der Waals surface area contributed by atoms with E-state index in [0.29, 0.717) is 28.7 Å². The Morgan fingerprint density at radius 2 is 1.89 bits per heavy atom. The molecule has 35 heavy (non-hydrogen) atoms. The summed E-state index contributed by atoms with van der Waals surface area (Å²) >= 11 is 0. The van der Waals surface area contributed by atoms with Gasteiger partial charge in [0.15, 0.2) is 0 Å². The van der Waals surface area contributed by atoms with E-state index in [4.69, 9.17) is 4.74 Å². The van der Waals surface area contributed by atoms with E-state index < -0.39 is 42.3 Å². The zero-order valence-electron chi connectivity index (χ0n) is 20.0. The quantitative estimate of drug-likeness (QED) is 0.644. The molecule has 2 atom stereocenters. The van der Waals surface area contributed by atoms with Gasteiger partial charge in [0, 0.05) is 37.6 Å².